The molecule has 10 heteroatoms. The summed E-state index contributed by atoms with van der Waals surface area (Å²) in [6, 6.07) is 2.93. The van der Waals surface area contributed by atoms with Gasteiger partial charge in [0.05, 0.1) is 18.8 Å². The lowest BCUT2D eigenvalue weighted by Crippen LogP contribution is -2.53. The third-order valence-corrected chi connectivity index (χ3v) is 7.94. The third kappa shape index (κ3) is 4.77. The molecule has 2 saturated heterocycles. The summed E-state index contributed by atoms with van der Waals surface area (Å²) in [5.74, 6) is 0.653. The number of rotatable bonds is 6. The van der Waals surface area contributed by atoms with Crippen LogP contribution in [0.25, 0.3) is 0 Å². The summed E-state index contributed by atoms with van der Waals surface area (Å²) in [6.07, 6.45) is 0.0898. The molecule has 3 N–H and O–H groups in total. The van der Waals surface area contributed by atoms with E-state index in [1.807, 2.05) is 0 Å². The average molecular weight is 427 g/mol. The molecule has 0 saturated carbocycles. The topological polar surface area (TPSA) is 99.1 Å². The van der Waals surface area contributed by atoms with E-state index in [1.165, 1.54) is 0 Å². The Bertz CT molecular complexity index is 650. The van der Waals surface area contributed by atoms with Crippen molar-refractivity contribution in [3.63, 3.8) is 0 Å². The van der Waals surface area contributed by atoms with Crippen LogP contribution in [-0.2, 0) is 14.8 Å². The van der Waals surface area contributed by atoms with E-state index in [4.69, 9.17) is 4.74 Å². The number of nitrogens with zero attached hydrogens (tertiary/aromatic N) is 1. The van der Waals surface area contributed by atoms with Crippen molar-refractivity contribution < 1.29 is 23.4 Å². The smallest absolute Gasteiger partial charge is 0.250 e. The zero-order valence-corrected chi connectivity index (χ0v) is 17.1. The normalized spacial score (nSPS) is 31.0. The highest BCUT2D eigenvalue weighted by atomic mass is 35.5. The van der Waals surface area contributed by atoms with Crippen molar-refractivity contribution in [2.45, 2.75) is 48.3 Å². The number of aliphatic hydroxyl groups excluding tert-OH is 2. The van der Waals surface area contributed by atoms with Crippen LogP contribution < -0.4 is 4.72 Å². The van der Waals surface area contributed by atoms with Crippen LogP contribution in [0.1, 0.15) is 19.8 Å². The van der Waals surface area contributed by atoms with Crippen molar-refractivity contribution in [2.24, 2.45) is 5.92 Å². The van der Waals surface area contributed by atoms with Crippen LogP contribution in [0.15, 0.2) is 21.7 Å². The maximum Gasteiger partial charge on any atom is 0.250 e. The Kier molecular flexibility index (Phi) is 7.87. The predicted octanol–water partition coefficient (Wildman–Crippen LogP) is 0.669. The molecule has 0 bridgehead atoms. The van der Waals surface area contributed by atoms with E-state index in [2.05, 4.69) is 16.5 Å². The Morgan fingerprint density at radius 3 is 2.62 bits per heavy atom. The number of hydrogen-bond acceptors (Lipinski definition) is 7. The molecule has 2 aliphatic rings. The Morgan fingerprint density at radius 1 is 1.35 bits per heavy atom. The second-order valence-corrected chi connectivity index (χ2v) is 9.82. The van der Waals surface area contributed by atoms with Crippen LogP contribution >= 0.6 is 23.7 Å². The lowest BCUT2D eigenvalue weighted by molar-refractivity contribution is -0.0201. The number of likely N-dealkylation sites (tertiary alicyclic amines) is 1. The maximum atomic E-state index is 12.3. The second-order valence-electron chi connectivity index (χ2n) is 6.88. The van der Waals surface area contributed by atoms with Gasteiger partial charge < -0.3 is 14.9 Å². The quantitative estimate of drug-likeness (QED) is 0.618. The van der Waals surface area contributed by atoms with Gasteiger partial charge in [-0.1, -0.05) is 13.0 Å². The monoisotopic (exact) mass is 426 g/mol. The van der Waals surface area contributed by atoms with Crippen molar-refractivity contribution in [3.05, 3.63) is 17.5 Å². The fourth-order valence-corrected chi connectivity index (χ4v) is 5.68. The van der Waals surface area contributed by atoms with Crippen molar-refractivity contribution in [3.8, 4) is 0 Å². The average Bonchev–Trinajstić information content (AvgIpc) is 3.23. The summed E-state index contributed by atoms with van der Waals surface area (Å²) >= 11 is 1.16. The molecule has 0 aliphatic carbocycles. The van der Waals surface area contributed by atoms with Gasteiger partial charge in [-0.05, 0) is 43.3 Å². The van der Waals surface area contributed by atoms with Crippen molar-refractivity contribution in [1.82, 2.24) is 9.62 Å². The molecule has 1 aromatic heterocycles. The molecule has 0 unspecified atom stereocenters. The number of aliphatic hydroxyl groups is 2. The summed E-state index contributed by atoms with van der Waals surface area (Å²) in [5, 5.41) is 21.7. The Balaban J connectivity index is 0.00000243. The van der Waals surface area contributed by atoms with Gasteiger partial charge in [-0.25, -0.2) is 13.1 Å². The predicted molar refractivity (Wildman–Crippen MR) is 102 cm³/mol. The number of nitrogens with one attached hydrogen (secondary N) is 1. The largest absolute Gasteiger partial charge is 0.394 e. The van der Waals surface area contributed by atoms with Crippen LogP contribution in [0.5, 0.6) is 0 Å². The third-order valence-electron chi connectivity index (χ3n) is 5.12. The summed E-state index contributed by atoms with van der Waals surface area (Å²) in [5.41, 5.74) is 0. The lowest BCUT2D eigenvalue weighted by atomic mass is 9.94. The van der Waals surface area contributed by atoms with E-state index in [0.29, 0.717) is 5.92 Å². The van der Waals surface area contributed by atoms with E-state index in [-0.39, 0.29) is 35.8 Å². The highest BCUT2D eigenvalue weighted by molar-refractivity contribution is 7.91. The second kappa shape index (κ2) is 9.29. The summed E-state index contributed by atoms with van der Waals surface area (Å²) < 4.78 is 33.3. The molecular weight excluding hydrogens is 400 g/mol. The van der Waals surface area contributed by atoms with Gasteiger partial charge in [-0.3, -0.25) is 4.90 Å². The number of hydrogen-bond donors (Lipinski definition) is 3. The molecule has 26 heavy (non-hydrogen) atoms. The standard InChI is InChI=1S/C16H26N2O5S2.ClH/c1-11-4-6-18(7-5-11)15-12(23-13(10-19)16(15)20)9-17-25(21,22)14-3-2-8-24-14;/h2-3,8,11-13,15-17,19-20H,4-7,9-10H2,1H3;1H/t12-,13+,15+,16-;/m1./s1. The first kappa shape index (κ1) is 22.0. The molecule has 3 heterocycles. The van der Waals surface area contributed by atoms with Crippen molar-refractivity contribution >= 4 is 33.8 Å². The van der Waals surface area contributed by atoms with Crippen LogP contribution in [-0.4, -0.2) is 74.1 Å². The van der Waals surface area contributed by atoms with E-state index in [1.54, 1.807) is 17.5 Å². The van der Waals surface area contributed by atoms with Gasteiger partial charge in [0.2, 0.25) is 10.0 Å². The minimum atomic E-state index is -3.58. The first-order valence-electron chi connectivity index (χ1n) is 8.64. The number of ether oxygens (including phenoxy) is 1. The van der Waals surface area contributed by atoms with Crippen LogP contribution in [0.3, 0.4) is 0 Å². The molecule has 3 rings (SSSR count). The van der Waals surface area contributed by atoms with Gasteiger partial charge in [0, 0.05) is 6.54 Å². The van der Waals surface area contributed by atoms with E-state index >= 15 is 0 Å². The molecular formula is C16H27ClN2O5S2. The fraction of sp³-hybridized carbons (Fsp3) is 0.750. The lowest BCUT2D eigenvalue weighted by Gasteiger charge is -2.38. The zero-order valence-electron chi connectivity index (χ0n) is 14.7. The van der Waals surface area contributed by atoms with Gasteiger partial charge in [-0.2, -0.15) is 0 Å². The zero-order chi connectivity index (χ0) is 18.0. The molecule has 2 fully saturated rings. The maximum absolute atomic E-state index is 12.3. The summed E-state index contributed by atoms with van der Waals surface area (Å²) in [4.78, 5) is 2.17. The molecule has 0 radical (unpaired) electrons. The van der Waals surface area contributed by atoms with Crippen molar-refractivity contribution in [2.75, 3.05) is 26.2 Å². The first-order valence-corrected chi connectivity index (χ1v) is 11.0. The molecule has 7 nitrogen and oxygen atoms in total. The first-order chi connectivity index (χ1) is 11.9. The van der Waals surface area contributed by atoms with E-state index in [0.717, 1.165) is 37.3 Å². The van der Waals surface area contributed by atoms with Crippen LogP contribution in [0.4, 0.5) is 0 Å². The van der Waals surface area contributed by atoms with Gasteiger partial charge in [0.1, 0.15) is 16.4 Å². The number of sulfonamides is 1. The molecule has 1 aromatic rings. The minimum Gasteiger partial charge on any atom is -0.394 e. The van der Waals surface area contributed by atoms with Crippen LogP contribution in [0.2, 0.25) is 0 Å². The van der Waals surface area contributed by atoms with E-state index < -0.39 is 28.3 Å². The van der Waals surface area contributed by atoms with Gasteiger partial charge in [-0.15, -0.1) is 23.7 Å². The Morgan fingerprint density at radius 2 is 2.04 bits per heavy atom. The Hall–Kier alpha value is -0.260. The SMILES string of the molecule is CC1CCN([C@@H]2[C@H](O)[C@H](CO)O[C@@H]2CNS(=O)(=O)c2cccs2)CC1.Cl. The van der Waals surface area contributed by atoms with Gasteiger partial charge >= 0.3 is 0 Å². The summed E-state index contributed by atoms with van der Waals surface area (Å²) in [6.45, 7) is 3.69. The van der Waals surface area contributed by atoms with Gasteiger partial charge in [0.25, 0.3) is 0 Å². The van der Waals surface area contributed by atoms with E-state index in [9.17, 15) is 18.6 Å². The molecule has 0 aromatic carbocycles. The molecule has 2 aliphatic heterocycles. The fourth-order valence-electron chi connectivity index (χ4n) is 3.60. The molecule has 0 amide bonds. The van der Waals surface area contributed by atoms with Crippen LogP contribution in [0, 0.1) is 5.92 Å². The van der Waals surface area contributed by atoms with Gasteiger partial charge in [0.15, 0.2) is 0 Å². The molecule has 0 spiro atoms. The highest BCUT2D eigenvalue weighted by Gasteiger charge is 2.46. The Labute approximate surface area is 164 Å². The summed E-state index contributed by atoms with van der Waals surface area (Å²) in [7, 11) is -3.58. The molecule has 150 valence electrons. The van der Waals surface area contributed by atoms with Crippen molar-refractivity contribution in [1.29, 1.82) is 0 Å². The molecule has 4 atom stereocenters. The minimum absolute atomic E-state index is 0. The number of piperidine rings is 1. The highest BCUT2D eigenvalue weighted by Crippen LogP contribution is 2.29. The number of halogens is 1. The number of thiophene rings is 1.